The van der Waals surface area contributed by atoms with Crippen LogP contribution < -0.4 is 21.1 Å². The van der Waals surface area contributed by atoms with E-state index in [4.69, 9.17) is 10.5 Å². The molecule has 0 unspecified atom stereocenters. The summed E-state index contributed by atoms with van der Waals surface area (Å²) >= 11 is 0. The summed E-state index contributed by atoms with van der Waals surface area (Å²) in [6.45, 7) is 4.39. The zero-order valence-electron chi connectivity index (χ0n) is 14.6. The molecule has 25 heavy (non-hydrogen) atoms. The van der Waals surface area contributed by atoms with Crippen LogP contribution in [0.2, 0.25) is 0 Å². The number of rotatable bonds is 7. The van der Waals surface area contributed by atoms with Gasteiger partial charge in [-0.15, -0.1) is 0 Å². The Morgan fingerprint density at radius 3 is 2.56 bits per heavy atom. The van der Waals surface area contributed by atoms with E-state index in [9.17, 15) is 4.79 Å². The minimum Gasteiger partial charge on any atom is -0.492 e. The predicted octanol–water partition coefficient (Wildman–Crippen LogP) is 3.01. The molecule has 0 heterocycles. The smallest absolute Gasteiger partial charge is 0.221 e. The number of benzene rings is 2. The molecule has 4 N–H and O–H groups in total. The summed E-state index contributed by atoms with van der Waals surface area (Å²) in [5.41, 5.74) is 8.75. The first-order valence-electron chi connectivity index (χ1n) is 8.23. The lowest BCUT2D eigenvalue weighted by Gasteiger charge is -2.09. The molecule has 1 amide bonds. The zero-order valence-corrected chi connectivity index (χ0v) is 14.6. The van der Waals surface area contributed by atoms with E-state index in [0.717, 1.165) is 12.1 Å². The fourth-order valence-corrected chi connectivity index (χ4v) is 2.25. The summed E-state index contributed by atoms with van der Waals surface area (Å²) in [5.74, 6) is 0.903. The molecular formula is C19H24N4O2. The predicted molar refractivity (Wildman–Crippen MR) is 102 cm³/mol. The summed E-state index contributed by atoms with van der Waals surface area (Å²) < 4.78 is 5.62. The van der Waals surface area contributed by atoms with Gasteiger partial charge in [-0.1, -0.05) is 25.1 Å². The van der Waals surface area contributed by atoms with E-state index in [1.165, 1.54) is 12.5 Å². The van der Waals surface area contributed by atoms with Crippen LogP contribution in [0.15, 0.2) is 53.5 Å². The van der Waals surface area contributed by atoms with Crippen molar-refractivity contribution in [2.45, 2.75) is 20.3 Å². The highest BCUT2D eigenvalue weighted by molar-refractivity contribution is 5.92. The van der Waals surface area contributed by atoms with Crippen LogP contribution in [-0.2, 0) is 11.2 Å². The normalized spacial score (nSPS) is 11.0. The van der Waals surface area contributed by atoms with E-state index >= 15 is 0 Å². The first-order chi connectivity index (χ1) is 12.1. The van der Waals surface area contributed by atoms with Crippen LogP contribution >= 0.6 is 0 Å². The quantitative estimate of drug-likeness (QED) is 0.411. The van der Waals surface area contributed by atoms with Crippen molar-refractivity contribution in [1.82, 2.24) is 0 Å². The lowest BCUT2D eigenvalue weighted by molar-refractivity contribution is -0.114. The number of ether oxygens (including phenoxy) is 1. The van der Waals surface area contributed by atoms with Crippen LogP contribution in [0.1, 0.15) is 19.4 Å². The lowest BCUT2D eigenvalue weighted by atomic mass is 10.1. The van der Waals surface area contributed by atoms with Crippen LogP contribution in [0.3, 0.4) is 0 Å². The van der Waals surface area contributed by atoms with Gasteiger partial charge in [0.1, 0.15) is 12.4 Å². The SMILES string of the molecule is CCc1cccc(NC(N)=NCCOc2cccc(NC(C)=O)c2)c1. The van der Waals surface area contributed by atoms with Crippen molar-refractivity contribution >= 4 is 23.2 Å². The third kappa shape index (κ3) is 6.55. The zero-order chi connectivity index (χ0) is 18.1. The maximum absolute atomic E-state index is 11.1. The number of hydrogen-bond donors (Lipinski definition) is 3. The number of carbonyl (C=O) groups excluding carboxylic acids is 1. The largest absolute Gasteiger partial charge is 0.492 e. The maximum Gasteiger partial charge on any atom is 0.221 e. The molecule has 0 aliphatic heterocycles. The average Bonchev–Trinajstić information content (AvgIpc) is 2.59. The number of anilines is 2. The summed E-state index contributed by atoms with van der Waals surface area (Å²) in [4.78, 5) is 15.3. The number of aryl methyl sites for hydroxylation is 1. The third-order valence-electron chi connectivity index (χ3n) is 3.40. The van der Waals surface area contributed by atoms with E-state index in [1.54, 1.807) is 12.1 Å². The van der Waals surface area contributed by atoms with Gasteiger partial charge in [0.2, 0.25) is 5.91 Å². The highest BCUT2D eigenvalue weighted by Crippen LogP contribution is 2.17. The van der Waals surface area contributed by atoms with Gasteiger partial charge in [-0.25, -0.2) is 4.99 Å². The van der Waals surface area contributed by atoms with Gasteiger partial charge in [0.15, 0.2) is 5.96 Å². The van der Waals surface area contributed by atoms with E-state index in [2.05, 4.69) is 28.6 Å². The topological polar surface area (TPSA) is 88.7 Å². The standard InChI is InChI=1S/C19H24N4O2/c1-3-15-6-4-7-16(12-15)23-19(20)21-10-11-25-18-9-5-8-17(13-18)22-14(2)24/h4-9,12-13H,3,10-11H2,1-2H3,(H,22,24)(H3,20,21,23). The summed E-state index contributed by atoms with van der Waals surface area (Å²) in [5, 5.41) is 5.78. The molecule has 0 saturated carbocycles. The van der Waals surface area contributed by atoms with Crippen LogP contribution in [0.25, 0.3) is 0 Å². The molecule has 0 bridgehead atoms. The van der Waals surface area contributed by atoms with Crippen molar-refractivity contribution in [3.05, 3.63) is 54.1 Å². The van der Waals surface area contributed by atoms with Crippen molar-refractivity contribution in [3.63, 3.8) is 0 Å². The number of nitrogens with two attached hydrogens (primary N) is 1. The third-order valence-corrected chi connectivity index (χ3v) is 3.40. The molecule has 132 valence electrons. The number of aliphatic imine (C=N–C) groups is 1. The number of guanidine groups is 1. The van der Waals surface area contributed by atoms with Crippen molar-refractivity contribution < 1.29 is 9.53 Å². The fraction of sp³-hybridized carbons (Fsp3) is 0.263. The Morgan fingerprint density at radius 1 is 1.12 bits per heavy atom. The maximum atomic E-state index is 11.1. The molecule has 6 heteroatoms. The Balaban J connectivity index is 1.81. The molecular weight excluding hydrogens is 316 g/mol. The first kappa shape index (κ1) is 18.3. The van der Waals surface area contributed by atoms with Crippen LogP contribution in [0.4, 0.5) is 11.4 Å². The van der Waals surface area contributed by atoms with Crippen LogP contribution in [-0.4, -0.2) is 25.0 Å². The van der Waals surface area contributed by atoms with Crippen LogP contribution in [0.5, 0.6) is 5.75 Å². The Kier molecular flexibility index (Phi) is 6.83. The molecule has 2 rings (SSSR count). The van der Waals surface area contributed by atoms with Gasteiger partial charge in [-0.2, -0.15) is 0 Å². The molecule has 0 spiro atoms. The van der Waals surface area contributed by atoms with E-state index in [0.29, 0.717) is 30.5 Å². The number of hydrogen-bond acceptors (Lipinski definition) is 3. The van der Waals surface area contributed by atoms with Gasteiger partial charge in [-0.3, -0.25) is 4.79 Å². The second-order valence-corrected chi connectivity index (χ2v) is 5.50. The number of nitrogens with zero attached hydrogens (tertiary/aromatic N) is 1. The highest BCUT2D eigenvalue weighted by Gasteiger charge is 1.99. The Hall–Kier alpha value is -3.02. The summed E-state index contributed by atoms with van der Waals surface area (Å²) in [6, 6.07) is 15.3. The molecule has 2 aromatic carbocycles. The minimum absolute atomic E-state index is 0.118. The van der Waals surface area contributed by atoms with Gasteiger partial charge < -0.3 is 21.1 Å². The number of carbonyl (C=O) groups is 1. The second kappa shape index (κ2) is 9.32. The van der Waals surface area contributed by atoms with Crippen molar-refractivity contribution in [1.29, 1.82) is 0 Å². The van der Waals surface area contributed by atoms with E-state index in [1.807, 2.05) is 30.3 Å². The molecule has 0 atom stereocenters. The first-order valence-corrected chi connectivity index (χ1v) is 8.23. The fourth-order valence-electron chi connectivity index (χ4n) is 2.25. The average molecular weight is 340 g/mol. The van der Waals surface area contributed by atoms with Gasteiger partial charge >= 0.3 is 0 Å². The minimum atomic E-state index is -0.118. The Bertz CT molecular complexity index is 744. The molecule has 2 aromatic rings. The molecule has 0 aromatic heterocycles. The molecule has 0 radical (unpaired) electrons. The van der Waals surface area contributed by atoms with Crippen LogP contribution in [0, 0.1) is 0 Å². The second-order valence-electron chi connectivity index (χ2n) is 5.50. The van der Waals surface area contributed by atoms with E-state index < -0.39 is 0 Å². The Labute approximate surface area is 148 Å². The summed E-state index contributed by atoms with van der Waals surface area (Å²) in [6.07, 6.45) is 0.970. The monoisotopic (exact) mass is 340 g/mol. The van der Waals surface area contributed by atoms with Gasteiger partial charge in [0.05, 0.1) is 6.54 Å². The van der Waals surface area contributed by atoms with E-state index in [-0.39, 0.29) is 5.91 Å². The van der Waals surface area contributed by atoms with Crippen molar-refractivity contribution in [2.24, 2.45) is 10.7 Å². The van der Waals surface area contributed by atoms with Crippen molar-refractivity contribution in [3.8, 4) is 5.75 Å². The number of amides is 1. The molecule has 0 saturated heterocycles. The lowest BCUT2D eigenvalue weighted by Crippen LogP contribution is -2.23. The molecule has 0 aliphatic carbocycles. The molecule has 0 fully saturated rings. The molecule has 6 nitrogen and oxygen atoms in total. The number of nitrogens with one attached hydrogen (secondary N) is 2. The van der Waals surface area contributed by atoms with Gasteiger partial charge in [0, 0.05) is 24.4 Å². The molecule has 0 aliphatic rings. The van der Waals surface area contributed by atoms with Gasteiger partial charge in [0.25, 0.3) is 0 Å². The summed E-state index contributed by atoms with van der Waals surface area (Å²) in [7, 11) is 0. The highest BCUT2D eigenvalue weighted by atomic mass is 16.5. The Morgan fingerprint density at radius 2 is 1.84 bits per heavy atom. The van der Waals surface area contributed by atoms with Crippen molar-refractivity contribution in [2.75, 3.05) is 23.8 Å². The van der Waals surface area contributed by atoms with Gasteiger partial charge in [-0.05, 0) is 36.2 Å².